The summed E-state index contributed by atoms with van der Waals surface area (Å²) in [6.45, 7) is 0. The Balaban J connectivity index is 2.00. The minimum atomic E-state index is -0.0666. The summed E-state index contributed by atoms with van der Waals surface area (Å²) in [6, 6.07) is 6.47. The third-order valence-electron chi connectivity index (χ3n) is 2.29. The zero-order valence-corrected chi connectivity index (χ0v) is 7.60. The Kier molecular flexibility index (Phi) is 2.13. The van der Waals surface area contributed by atoms with Crippen LogP contribution in [0.5, 0.6) is 5.75 Å². The largest absolute Gasteiger partial charge is 0.508 e. The van der Waals surface area contributed by atoms with Crippen LogP contribution in [0.3, 0.4) is 0 Å². The zero-order chi connectivity index (χ0) is 10.1. The SMILES string of the molecule is NC1CC1C(=O)Nc1cccc(O)c1. The van der Waals surface area contributed by atoms with Crippen molar-refractivity contribution in [2.75, 3.05) is 5.32 Å². The van der Waals surface area contributed by atoms with E-state index in [2.05, 4.69) is 5.32 Å². The highest BCUT2D eigenvalue weighted by atomic mass is 16.3. The number of phenols is 1. The first-order valence-corrected chi connectivity index (χ1v) is 4.52. The molecule has 4 heteroatoms. The van der Waals surface area contributed by atoms with Crippen molar-refractivity contribution in [3.05, 3.63) is 24.3 Å². The van der Waals surface area contributed by atoms with Gasteiger partial charge >= 0.3 is 0 Å². The first-order chi connectivity index (χ1) is 6.66. The molecule has 0 bridgehead atoms. The van der Waals surface area contributed by atoms with Crippen molar-refractivity contribution < 1.29 is 9.90 Å². The molecule has 0 spiro atoms. The predicted octanol–water partition coefficient (Wildman–Crippen LogP) is 0.678. The number of hydrogen-bond acceptors (Lipinski definition) is 3. The highest BCUT2D eigenvalue weighted by Gasteiger charge is 2.39. The molecule has 0 aliphatic heterocycles. The molecule has 1 aliphatic carbocycles. The van der Waals surface area contributed by atoms with Gasteiger partial charge in [0.05, 0.1) is 5.92 Å². The van der Waals surface area contributed by atoms with E-state index < -0.39 is 0 Å². The van der Waals surface area contributed by atoms with Crippen molar-refractivity contribution >= 4 is 11.6 Å². The van der Waals surface area contributed by atoms with Crippen LogP contribution in [0.1, 0.15) is 6.42 Å². The molecule has 0 saturated heterocycles. The molecule has 2 unspecified atom stereocenters. The molecule has 0 radical (unpaired) electrons. The van der Waals surface area contributed by atoms with Gasteiger partial charge in [-0.05, 0) is 18.6 Å². The number of carbonyl (C=O) groups excluding carboxylic acids is 1. The van der Waals surface area contributed by atoms with Crippen LogP contribution in [0.4, 0.5) is 5.69 Å². The van der Waals surface area contributed by atoms with E-state index in [1.54, 1.807) is 18.2 Å². The molecule has 74 valence electrons. The van der Waals surface area contributed by atoms with Gasteiger partial charge < -0.3 is 16.2 Å². The van der Waals surface area contributed by atoms with E-state index in [9.17, 15) is 4.79 Å². The van der Waals surface area contributed by atoms with Crippen LogP contribution in [0.15, 0.2) is 24.3 Å². The number of nitrogens with two attached hydrogens (primary N) is 1. The number of carbonyl (C=O) groups is 1. The maximum atomic E-state index is 11.4. The smallest absolute Gasteiger partial charge is 0.229 e. The Bertz CT molecular complexity index is 365. The minimum Gasteiger partial charge on any atom is -0.508 e. The quantitative estimate of drug-likeness (QED) is 0.645. The fourth-order valence-corrected chi connectivity index (χ4v) is 1.33. The standard InChI is InChI=1S/C10H12N2O2/c11-9-5-8(9)10(14)12-6-2-1-3-7(13)4-6/h1-4,8-9,13H,5,11H2,(H,12,14). The van der Waals surface area contributed by atoms with E-state index in [0.717, 1.165) is 6.42 Å². The summed E-state index contributed by atoms with van der Waals surface area (Å²) in [4.78, 5) is 11.4. The molecule has 4 N–H and O–H groups in total. The predicted molar refractivity (Wildman–Crippen MR) is 52.8 cm³/mol. The molecule has 2 atom stereocenters. The number of phenolic OH excluding ortho intramolecular Hbond substituents is 1. The molecule has 1 saturated carbocycles. The van der Waals surface area contributed by atoms with Crippen LogP contribution in [0, 0.1) is 5.92 Å². The molecule has 1 aromatic carbocycles. The molecule has 1 aromatic rings. The van der Waals surface area contributed by atoms with Gasteiger partial charge in [-0.25, -0.2) is 0 Å². The third-order valence-corrected chi connectivity index (χ3v) is 2.29. The van der Waals surface area contributed by atoms with Crippen LogP contribution in [0.2, 0.25) is 0 Å². The summed E-state index contributed by atoms with van der Waals surface area (Å²) in [6.07, 6.45) is 0.755. The van der Waals surface area contributed by atoms with Gasteiger partial charge in [0, 0.05) is 17.8 Å². The Morgan fingerprint density at radius 2 is 2.29 bits per heavy atom. The van der Waals surface area contributed by atoms with Gasteiger partial charge in [-0.1, -0.05) is 6.07 Å². The van der Waals surface area contributed by atoms with Crippen LogP contribution >= 0.6 is 0 Å². The number of amides is 1. The molecule has 4 nitrogen and oxygen atoms in total. The fourth-order valence-electron chi connectivity index (χ4n) is 1.33. The number of nitrogens with one attached hydrogen (secondary N) is 1. The maximum Gasteiger partial charge on any atom is 0.229 e. The normalized spacial score (nSPS) is 24.4. The van der Waals surface area contributed by atoms with E-state index in [-0.39, 0.29) is 23.6 Å². The van der Waals surface area contributed by atoms with Gasteiger partial charge in [0.15, 0.2) is 0 Å². The van der Waals surface area contributed by atoms with Crippen LogP contribution in [-0.4, -0.2) is 17.1 Å². The summed E-state index contributed by atoms with van der Waals surface area (Å²) in [5.41, 5.74) is 6.15. The summed E-state index contributed by atoms with van der Waals surface area (Å²) in [5, 5.41) is 11.9. The van der Waals surface area contributed by atoms with Gasteiger partial charge in [-0.3, -0.25) is 4.79 Å². The molecule has 1 fully saturated rings. The highest BCUT2D eigenvalue weighted by molar-refractivity contribution is 5.95. The van der Waals surface area contributed by atoms with E-state index in [1.165, 1.54) is 6.07 Å². The van der Waals surface area contributed by atoms with Crippen molar-refractivity contribution in [3.63, 3.8) is 0 Å². The van der Waals surface area contributed by atoms with Crippen molar-refractivity contribution in [2.24, 2.45) is 11.7 Å². The van der Waals surface area contributed by atoms with Crippen molar-refractivity contribution in [3.8, 4) is 5.75 Å². The van der Waals surface area contributed by atoms with Crippen molar-refractivity contribution in [1.82, 2.24) is 0 Å². The van der Waals surface area contributed by atoms with Gasteiger partial charge in [0.2, 0.25) is 5.91 Å². The molecule has 1 aliphatic rings. The summed E-state index contributed by atoms with van der Waals surface area (Å²) >= 11 is 0. The number of benzene rings is 1. The number of rotatable bonds is 2. The van der Waals surface area contributed by atoms with Crippen LogP contribution in [0.25, 0.3) is 0 Å². The molecular weight excluding hydrogens is 180 g/mol. The Labute approximate surface area is 81.7 Å². The van der Waals surface area contributed by atoms with Crippen molar-refractivity contribution in [1.29, 1.82) is 0 Å². The fraction of sp³-hybridized carbons (Fsp3) is 0.300. The molecular formula is C10H12N2O2. The lowest BCUT2D eigenvalue weighted by molar-refractivity contribution is -0.117. The second-order valence-corrected chi connectivity index (χ2v) is 3.55. The van der Waals surface area contributed by atoms with Gasteiger partial charge in [0.25, 0.3) is 0 Å². The zero-order valence-electron chi connectivity index (χ0n) is 7.60. The third kappa shape index (κ3) is 1.85. The lowest BCUT2D eigenvalue weighted by atomic mass is 10.3. The Morgan fingerprint density at radius 3 is 2.86 bits per heavy atom. The lowest BCUT2D eigenvalue weighted by Gasteiger charge is -2.03. The van der Waals surface area contributed by atoms with Gasteiger partial charge in [-0.15, -0.1) is 0 Å². The summed E-state index contributed by atoms with van der Waals surface area (Å²) < 4.78 is 0. The van der Waals surface area contributed by atoms with E-state index in [0.29, 0.717) is 5.69 Å². The summed E-state index contributed by atoms with van der Waals surface area (Å²) in [7, 11) is 0. The number of hydrogen-bond donors (Lipinski definition) is 3. The minimum absolute atomic E-state index is 0.00677. The maximum absolute atomic E-state index is 11.4. The second kappa shape index (κ2) is 3.31. The summed E-state index contributed by atoms with van der Waals surface area (Å²) in [5.74, 6) is 0.0170. The Morgan fingerprint density at radius 1 is 1.57 bits per heavy atom. The molecule has 1 amide bonds. The monoisotopic (exact) mass is 192 g/mol. The highest BCUT2D eigenvalue weighted by Crippen LogP contribution is 2.29. The van der Waals surface area contributed by atoms with Gasteiger partial charge in [-0.2, -0.15) is 0 Å². The first-order valence-electron chi connectivity index (χ1n) is 4.52. The number of aromatic hydroxyl groups is 1. The topological polar surface area (TPSA) is 75.4 Å². The average Bonchev–Trinajstić information content (AvgIpc) is 2.82. The first kappa shape index (κ1) is 9.02. The van der Waals surface area contributed by atoms with Crippen molar-refractivity contribution in [2.45, 2.75) is 12.5 Å². The molecule has 14 heavy (non-hydrogen) atoms. The molecule has 2 rings (SSSR count). The van der Waals surface area contributed by atoms with E-state index in [1.807, 2.05) is 0 Å². The Hall–Kier alpha value is -1.55. The molecule has 0 aromatic heterocycles. The number of anilines is 1. The second-order valence-electron chi connectivity index (χ2n) is 3.55. The van der Waals surface area contributed by atoms with E-state index in [4.69, 9.17) is 10.8 Å². The molecule has 0 heterocycles. The van der Waals surface area contributed by atoms with Gasteiger partial charge in [0.1, 0.15) is 5.75 Å². The van der Waals surface area contributed by atoms with E-state index >= 15 is 0 Å². The van der Waals surface area contributed by atoms with Crippen LogP contribution < -0.4 is 11.1 Å². The lowest BCUT2D eigenvalue weighted by Crippen LogP contribution is -2.18. The average molecular weight is 192 g/mol. The van der Waals surface area contributed by atoms with Crippen LogP contribution in [-0.2, 0) is 4.79 Å².